The molecule has 2 aromatic heterocycles. The van der Waals surface area contributed by atoms with Crippen LogP contribution in [0.15, 0.2) is 30.5 Å². The van der Waals surface area contributed by atoms with Crippen molar-refractivity contribution < 1.29 is 9.13 Å². The fraction of sp³-hybridized carbons (Fsp3) is 0.400. The highest BCUT2D eigenvalue weighted by atomic mass is 35.5. The number of nitrogens with zero attached hydrogens (tertiary/aromatic N) is 4. The Morgan fingerprint density at radius 3 is 2.96 bits per heavy atom. The third kappa shape index (κ3) is 3.18. The van der Waals surface area contributed by atoms with Gasteiger partial charge in [0.05, 0.1) is 23.5 Å². The molecule has 2 aliphatic rings. The van der Waals surface area contributed by atoms with Crippen LogP contribution in [0.4, 0.5) is 10.2 Å². The molecule has 146 valence electrons. The second kappa shape index (κ2) is 7.22. The SMILES string of the molecule is Fc1ccc(Cl)c(OCC2CN(c3c4c(nc5ccnn35)CCNCC4)C2)c1. The van der Waals surface area contributed by atoms with E-state index in [0.29, 0.717) is 23.3 Å². The van der Waals surface area contributed by atoms with Gasteiger partial charge < -0.3 is 15.0 Å². The number of halogens is 2. The van der Waals surface area contributed by atoms with E-state index < -0.39 is 0 Å². The molecule has 1 N–H and O–H groups in total. The summed E-state index contributed by atoms with van der Waals surface area (Å²) in [6.45, 7) is 4.15. The van der Waals surface area contributed by atoms with Crippen LogP contribution in [0.2, 0.25) is 5.02 Å². The molecule has 0 amide bonds. The molecule has 2 aliphatic heterocycles. The predicted molar refractivity (Wildman–Crippen MR) is 106 cm³/mol. The van der Waals surface area contributed by atoms with Crippen molar-refractivity contribution in [3.8, 4) is 5.75 Å². The van der Waals surface area contributed by atoms with Gasteiger partial charge in [0.15, 0.2) is 5.65 Å². The minimum atomic E-state index is -0.344. The number of anilines is 1. The summed E-state index contributed by atoms with van der Waals surface area (Å²) in [6, 6.07) is 6.14. The van der Waals surface area contributed by atoms with Gasteiger partial charge in [-0.15, -0.1) is 0 Å². The summed E-state index contributed by atoms with van der Waals surface area (Å²) in [5, 5.41) is 8.38. The number of hydrogen-bond acceptors (Lipinski definition) is 5. The average Bonchev–Trinajstić information content (AvgIpc) is 2.99. The van der Waals surface area contributed by atoms with Crippen LogP contribution in [0.1, 0.15) is 11.3 Å². The van der Waals surface area contributed by atoms with Crippen LogP contribution in [0.25, 0.3) is 5.65 Å². The van der Waals surface area contributed by atoms with Crippen molar-refractivity contribution in [2.45, 2.75) is 12.8 Å². The molecule has 1 saturated heterocycles. The highest BCUT2D eigenvalue weighted by molar-refractivity contribution is 6.32. The van der Waals surface area contributed by atoms with E-state index in [2.05, 4.69) is 15.3 Å². The third-order valence-corrected chi connectivity index (χ3v) is 5.72. The summed E-state index contributed by atoms with van der Waals surface area (Å²) in [5.74, 6) is 1.56. The Hall–Kier alpha value is -2.38. The molecule has 4 heterocycles. The van der Waals surface area contributed by atoms with Crippen molar-refractivity contribution >= 4 is 23.1 Å². The normalized spacial score (nSPS) is 17.3. The number of ether oxygens (including phenoxy) is 1. The molecule has 0 atom stereocenters. The fourth-order valence-electron chi connectivity index (χ4n) is 3.98. The van der Waals surface area contributed by atoms with Gasteiger partial charge in [0, 0.05) is 49.7 Å². The van der Waals surface area contributed by atoms with E-state index in [1.807, 2.05) is 10.6 Å². The van der Waals surface area contributed by atoms with Gasteiger partial charge in [0.2, 0.25) is 0 Å². The van der Waals surface area contributed by atoms with Gasteiger partial charge in [0.25, 0.3) is 0 Å². The molecule has 0 spiro atoms. The summed E-state index contributed by atoms with van der Waals surface area (Å²) in [6.07, 6.45) is 3.68. The van der Waals surface area contributed by atoms with E-state index in [1.165, 1.54) is 29.5 Å². The summed E-state index contributed by atoms with van der Waals surface area (Å²) < 4.78 is 21.1. The third-order valence-electron chi connectivity index (χ3n) is 5.41. The zero-order chi connectivity index (χ0) is 19.1. The van der Waals surface area contributed by atoms with Crippen LogP contribution < -0.4 is 15.0 Å². The Bertz CT molecular complexity index is 1020. The smallest absolute Gasteiger partial charge is 0.157 e. The lowest BCUT2D eigenvalue weighted by atomic mass is 9.99. The maximum Gasteiger partial charge on any atom is 0.157 e. The standard InChI is InChI=1S/C20H21ClFN5O/c21-16-2-1-14(22)9-18(16)28-12-13-10-26(11-13)20-15-3-6-23-7-4-17(15)25-19-5-8-24-27(19)20/h1-2,5,8-9,13,23H,3-4,6-7,10-12H2. The molecule has 6 nitrogen and oxygen atoms in total. The zero-order valence-electron chi connectivity index (χ0n) is 15.4. The molecular formula is C20H21ClFN5O. The van der Waals surface area contributed by atoms with Gasteiger partial charge in [-0.25, -0.2) is 9.37 Å². The molecule has 0 radical (unpaired) electrons. The molecule has 0 aliphatic carbocycles. The van der Waals surface area contributed by atoms with Gasteiger partial charge in [-0.3, -0.25) is 0 Å². The van der Waals surface area contributed by atoms with Crippen LogP contribution in [0.5, 0.6) is 5.75 Å². The van der Waals surface area contributed by atoms with Crippen molar-refractivity contribution in [2.24, 2.45) is 5.92 Å². The summed E-state index contributed by atoms with van der Waals surface area (Å²) in [7, 11) is 0. The summed E-state index contributed by atoms with van der Waals surface area (Å²) in [4.78, 5) is 7.15. The predicted octanol–water partition coefficient (Wildman–Crippen LogP) is 2.73. The van der Waals surface area contributed by atoms with Crippen LogP contribution >= 0.6 is 11.6 Å². The second-order valence-corrected chi connectivity index (χ2v) is 7.78. The van der Waals surface area contributed by atoms with E-state index in [1.54, 1.807) is 6.20 Å². The van der Waals surface area contributed by atoms with E-state index in [0.717, 1.165) is 50.5 Å². The minimum absolute atomic E-state index is 0.344. The number of rotatable bonds is 4. The molecule has 3 aromatic rings. The van der Waals surface area contributed by atoms with E-state index in [9.17, 15) is 4.39 Å². The minimum Gasteiger partial charge on any atom is -0.491 e. The number of hydrogen-bond donors (Lipinski definition) is 1. The monoisotopic (exact) mass is 401 g/mol. The van der Waals surface area contributed by atoms with E-state index in [4.69, 9.17) is 21.3 Å². The largest absolute Gasteiger partial charge is 0.491 e. The van der Waals surface area contributed by atoms with Gasteiger partial charge in [-0.2, -0.15) is 9.61 Å². The van der Waals surface area contributed by atoms with E-state index >= 15 is 0 Å². The van der Waals surface area contributed by atoms with Crippen molar-refractivity contribution in [2.75, 3.05) is 37.7 Å². The molecule has 8 heteroatoms. The zero-order valence-corrected chi connectivity index (χ0v) is 16.1. The molecule has 1 aromatic carbocycles. The van der Waals surface area contributed by atoms with Gasteiger partial charge in [0.1, 0.15) is 17.4 Å². The molecule has 1 fully saturated rings. The Morgan fingerprint density at radius 1 is 1.21 bits per heavy atom. The lowest BCUT2D eigenvalue weighted by molar-refractivity contribution is 0.219. The molecule has 28 heavy (non-hydrogen) atoms. The molecule has 5 rings (SSSR count). The van der Waals surface area contributed by atoms with Crippen molar-refractivity contribution in [1.29, 1.82) is 0 Å². The Kier molecular flexibility index (Phi) is 4.56. The summed E-state index contributed by atoms with van der Waals surface area (Å²) >= 11 is 6.09. The fourth-order valence-corrected chi connectivity index (χ4v) is 4.16. The molecule has 0 bridgehead atoms. The van der Waals surface area contributed by atoms with Gasteiger partial charge in [-0.05, 0) is 25.1 Å². The molecule has 0 saturated carbocycles. The number of nitrogens with one attached hydrogen (secondary N) is 1. The topological polar surface area (TPSA) is 54.7 Å². The first-order valence-corrected chi connectivity index (χ1v) is 9.96. The molecular weight excluding hydrogens is 381 g/mol. The Morgan fingerprint density at radius 2 is 2.07 bits per heavy atom. The number of fused-ring (bicyclic) bond motifs is 2. The lowest BCUT2D eigenvalue weighted by Crippen LogP contribution is -2.50. The van der Waals surface area contributed by atoms with Gasteiger partial charge in [-0.1, -0.05) is 11.6 Å². The van der Waals surface area contributed by atoms with E-state index in [-0.39, 0.29) is 5.82 Å². The first kappa shape index (κ1) is 17.7. The highest BCUT2D eigenvalue weighted by Crippen LogP contribution is 2.32. The van der Waals surface area contributed by atoms with Crippen LogP contribution in [0.3, 0.4) is 0 Å². The van der Waals surface area contributed by atoms with Crippen molar-refractivity contribution in [3.05, 3.63) is 52.6 Å². The van der Waals surface area contributed by atoms with Crippen molar-refractivity contribution in [3.63, 3.8) is 0 Å². The second-order valence-electron chi connectivity index (χ2n) is 7.37. The Balaban J connectivity index is 1.33. The maximum atomic E-state index is 13.4. The van der Waals surface area contributed by atoms with Crippen LogP contribution in [0, 0.1) is 11.7 Å². The van der Waals surface area contributed by atoms with Gasteiger partial charge >= 0.3 is 0 Å². The van der Waals surface area contributed by atoms with Crippen molar-refractivity contribution in [1.82, 2.24) is 19.9 Å². The lowest BCUT2D eigenvalue weighted by Gasteiger charge is -2.41. The summed E-state index contributed by atoms with van der Waals surface area (Å²) in [5.41, 5.74) is 3.34. The molecule has 0 unspecified atom stereocenters. The quantitative estimate of drug-likeness (QED) is 0.728. The first-order chi connectivity index (χ1) is 13.7. The maximum absolute atomic E-state index is 13.4. The first-order valence-electron chi connectivity index (χ1n) is 9.58. The van der Waals surface area contributed by atoms with Crippen LogP contribution in [-0.2, 0) is 12.8 Å². The average molecular weight is 402 g/mol. The number of aromatic nitrogens is 3. The Labute approximate surface area is 167 Å². The highest BCUT2D eigenvalue weighted by Gasteiger charge is 2.32. The number of benzene rings is 1. The van der Waals surface area contributed by atoms with Crippen LogP contribution in [-0.4, -0.2) is 47.4 Å².